The van der Waals surface area contributed by atoms with Gasteiger partial charge in [0.1, 0.15) is 11.8 Å². The third-order valence-electron chi connectivity index (χ3n) is 4.53. The summed E-state index contributed by atoms with van der Waals surface area (Å²) in [5.74, 6) is 0. The van der Waals surface area contributed by atoms with Crippen LogP contribution in [0, 0.1) is 18.3 Å². The zero-order chi connectivity index (χ0) is 16.8. The number of benzene rings is 1. The van der Waals surface area contributed by atoms with Gasteiger partial charge < -0.3 is 4.90 Å². The quantitative estimate of drug-likeness (QED) is 0.722. The molecule has 5 nitrogen and oxygen atoms in total. The Morgan fingerprint density at radius 3 is 3.00 bits per heavy atom. The van der Waals surface area contributed by atoms with Crippen molar-refractivity contribution >= 4 is 22.0 Å². The minimum Gasteiger partial charge on any atom is -0.362 e. The first-order valence-corrected chi connectivity index (χ1v) is 8.67. The molecule has 0 bridgehead atoms. The highest BCUT2D eigenvalue weighted by Gasteiger charge is 2.26. The number of rotatable bonds is 2. The van der Waals surface area contributed by atoms with E-state index < -0.39 is 0 Å². The first-order chi connectivity index (χ1) is 11.6. The van der Waals surface area contributed by atoms with E-state index in [4.69, 9.17) is 0 Å². The molecule has 0 fully saturated rings. The average molecular weight is 336 g/mol. The summed E-state index contributed by atoms with van der Waals surface area (Å²) in [4.78, 5) is 20.8. The van der Waals surface area contributed by atoms with Crippen LogP contribution in [0.5, 0.6) is 0 Å². The fourth-order valence-corrected chi connectivity index (χ4v) is 4.32. The van der Waals surface area contributed by atoms with Gasteiger partial charge in [-0.25, -0.2) is 9.38 Å². The Morgan fingerprint density at radius 2 is 2.21 bits per heavy atom. The molecule has 1 atom stereocenters. The van der Waals surface area contributed by atoms with Gasteiger partial charge in [0.2, 0.25) is 0 Å². The number of thiazole rings is 1. The molecule has 1 unspecified atom stereocenters. The topological polar surface area (TPSA) is 61.4 Å². The van der Waals surface area contributed by atoms with Crippen LogP contribution in [0.4, 0.5) is 5.69 Å². The monoisotopic (exact) mass is 336 g/mol. The van der Waals surface area contributed by atoms with Crippen LogP contribution in [0.25, 0.3) is 4.96 Å². The van der Waals surface area contributed by atoms with Crippen molar-refractivity contribution in [2.75, 3.05) is 4.90 Å². The minimum atomic E-state index is -0.184. The Kier molecular flexibility index (Phi) is 3.39. The standard InChI is InChI=1S/C18H16N4OS/c1-11-7-13-5-3-4-6-15(13)21(11)10-14-8-17(23)22-16(9-19)12(2)24-18(22)20-14/h3-6,8,11H,7,10H2,1-2H3. The molecule has 0 aliphatic carbocycles. The van der Waals surface area contributed by atoms with Gasteiger partial charge in [-0.15, -0.1) is 11.3 Å². The van der Waals surface area contributed by atoms with Gasteiger partial charge in [0.25, 0.3) is 5.56 Å². The van der Waals surface area contributed by atoms with Crippen LogP contribution in [-0.4, -0.2) is 15.4 Å². The van der Waals surface area contributed by atoms with E-state index in [1.165, 1.54) is 27.0 Å². The summed E-state index contributed by atoms with van der Waals surface area (Å²) in [6.45, 7) is 4.63. The summed E-state index contributed by atoms with van der Waals surface area (Å²) in [6.07, 6.45) is 1.01. The van der Waals surface area contributed by atoms with E-state index >= 15 is 0 Å². The van der Waals surface area contributed by atoms with Crippen LogP contribution in [0.15, 0.2) is 35.1 Å². The average Bonchev–Trinajstić information content (AvgIpc) is 3.04. The number of aryl methyl sites for hydroxylation is 1. The van der Waals surface area contributed by atoms with Crippen LogP contribution in [0.1, 0.15) is 28.8 Å². The summed E-state index contributed by atoms with van der Waals surface area (Å²) < 4.78 is 1.41. The van der Waals surface area contributed by atoms with Crippen LogP contribution in [0.2, 0.25) is 0 Å². The van der Waals surface area contributed by atoms with Crippen molar-refractivity contribution in [3.63, 3.8) is 0 Å². The van der Waals surface area contributed by atoms with Crippen molar-refractivity contribution < 1.29 is 0 Å². The summed E-state index contributed by atoms with van der Waals surface area (Å²) in [5.41, 5.74) is 3.50. The van der Waals surface area contributed by atoms with E-state index in [0.29, 0.717) is 23.2 Å². The predicted octanol–water partition coefficient (Wildman–Crippen LogP) is 2.89. The number of aromatic nitrogens is 2. The number of nitriles is 1. The molecule has 0 amide bonds. The first kappa shape index (κ1) is 14.9. The Hall–Kier alpha value is -2.65. The van der Waals surface area contributed by atoms with Crippen LogP contribution in [0.3, 0.4) is 0 Å². The predicted molar refractivity (Wildman–Crippen MR) is 94.6 cm³/mol. The molecule has 1 aliphatic rings. The molecule has 3 aromatic rings. The first-order valence-electron chi connectivity index (χ1n) is 7.85. The number of anilines is 1. The molecule has 0 radical (unpaired) electrons. The largest absolute Gasteiger partial charge is 0.362 e. The van der Waals surface area contributed by atoms with Gasteiger partial charge in [-0.05, 0) is 31.9 Å². The van der Waals surface area contributed by atoms with E-state index in [-0.39, 0.29) is 5.56 Å². The number of para-hydroxylation sites is 1. The van der Waals surface area contributed by atoms with Crippen molar-refractivity contribution in [1.29, 1.82) is 5.26 Å². The SMILES string of the molecule is Cc1sc2nc(CN3c4ccccc4CC3C)cc(=O)n2c1C#N. The van der Waals surface area contributed by atoms with Gasteiger partial charge >= 0.3 is 0 Å². The van der Waals surface area contributed by atoms with Crippen LogP contribution in [-0.2, 0) is 13.0 Å². The van der Waals surface area contributed by atoms with Gasteiger partial charge in [-0.2, -0.15) is 5.26 Å². The molecule has 120 valence electrons. The van der Waals surface area contributed by atoms with Crippen molar-refractivity contribution in [3.8, 4) is 6.07 Å². The summed E-state index contributed by atoms with van der Waals surface area (Å²) >= 11 is 1.39. The van der Waals surface area contributed by atoms with E-state index in [1.54, 1.807) is 6.07 Å². The lowest BCUT2D eigenvalue weighted by Gasteiger charge is -2.24. The van der Waals surface area contributed by atoms with E-state index in [2.05, 4.69) is 41.1 Å². The third-order valence-corrected chi connectivity index (χ3v) is 5.49. The third kappa shape index (κ3) is 2.21. The molecule has 24 heavy (non-hydrogen) atoms. The molecule has 1 aliphatic heterocycles. The zero-order valence-corrected chi connectivity index (χ0v) is 14.3. The second kappa shape index (κ2) is 5.46. The Labute approximate surface area is 143 Å². The highest BCUT2D eigenvalue weighted by Crippen LogP contribution is 2.32. The molecular weight excluding hydrogens is 320 g/mol. The van der Waals surface area contributed by atoms with Crippen molar-refractivity contribution in [2.24, 2.45) is 0 Å². The fourth-order valence-electron chi connectivity index (χ4n) is 3.38. The Bertz CT molecular complexity index is 1040. The van der Waals surface area contributed by atoms with E-state index in [0.717, 1.165) is 17.0 Å². The smallest absolute Gasteiger partial charge is 0.259 e. The maximum Gasteiger partial charge on any atom is 0.259 e. The lowest BCUT2D eigenvalue weighted by atomic mass is 10.1. The Morgan fingerprint density at radius 1 is 1.42 bits per heavy atom. The second-order valence-corrected chi connectivity index (χ2v) is 7.31. The molecule has 0 N–H and O–H groups in total. The molecule has 2 aromatic heterocycles. The van der Waals surface area contributed by atoms with Crippen molar-refractivity contribution in [2.45, 2.75) is 32.9 Å². The molecule has 0 spiro atoms. The summed E-state index contributed by atoms with van der Waals surface area (Å²) in [5, 5.41) is 9.23. The molecule has 3 heterocycles. The second-order valence-electron chi connectivity index (χ2n) is 6.13. The lowest BCUT2D eigenvalue weighted by molar-refractivity contribution is 0.664. The summed E-state index contributed by atoms with van der Waals surface area (Å²) in [6, 6.07) is 12.4. The highest BCUT2D eigenvalue weighted by molar-refractivity contribution is 7.17. The van der Waals surface area contributed by atoms with Crippen molar-refractivity contribution in [1.82, 2.24) is 9.38 Å². The van der Waals surface area contributed by atoms with E-state index in [9.17, 15) is 10.1 Å². The number of hydrogen-bond donors (Lipinski definition) is 0. The fraction of sp³-hybridized carbons (Fsp3) is 0.278. The number of fused-ring (bicyclic) bond motifs is 2. The molecular formula is C18H16N4OS. The Balaban J connectivity index is 1.76. The highest BCUT2D eigenvalue weighted by atomic mass is 32.1. The molecule has 6 heteroatoms. The molecule has 1 aromatic carbocycles. The molecule has 0 saturated heterocycles. The van der Waals surface area contributed by atoms with Gasteiger partial charge in [0, 0.05) is 22.7 Å². The van der Waals surface area contributed by atoms with Crippen molar-refractivity contribution in [3.05, 3.63) is 62.5 Å². The van der Waals surface area contributed by atoms with Gasteiger partial charge in [-0.1, -0.05) is 18.2 Å². The maximum atomic E-state index is 12.5. The molecule has 4 rings (SSSR count). The molecule has 0 saturated carbocycles. The van der Waals surface area contributed by atoms with Crippen LogP contribution < -0.4 is 10.5 Å². The lowest BCUT2D eigenvalue weighted by Crippen LogP contribution is -2.30. The van der Waals surface area contributed by atoms with Gasteiger partial charge in [-0.3, -0.25) is 4.79 Å². The normalized spacial score (nSPS) is 16.4. The number of hydrogen-bond acceptors (Lipinski definition) is 5. The number of nitrogens with zero attached hydrogens (tertiary/aromatic N) is 4. The van der Waals surface area contributed by atoms with Crippen LogP contribution >= 0.6 is 11.3 Å². The van der Waals surface area contributed by atoms with Gasteiger partial charge in [0.15, 0.2) is 4.96 Å². The maximum absolute atomic E-state index is 12.5. The summed E-state index contributed by atoms with van der Waals surface area (Å²) in [7, 11) is 0. The minimum absolute atomic E-state index is 0.184. The van der Waals surface area contributed by atoms with E-state index in [1.807, 2.05) is 13.0 Å². The zero-order valence-electron chi connectivity index (χ0n) is 13.5. The van der Waals surface area contributed by atoms with Gasteiger partial charge in [0.05, 0.1) is 12.2 Å².